The van der Waals surface area contributed by atoms with Gasteiger partial charge in [-0.1, -0.05) is 23.7 Å². The molecule has 0 bridgehead atoms. The van der Waals surface area contributed by atoms with Crippen LogP contribution < -0.4 is 9.47 Å². The van der Waals surface area contributed by atoms with Gasteiger partial charge < -0.3 is 9.47 Å². The Morgan fingerprint density at radius 2 is 1.78 bits per heavy atom. The molecule has 0 N–H and O–H groups in total. The summed E-state index contributed by atoms with van der Waals surface area (Å²) in [7, 11) is 3.28. The summed E-state index contributed by atoms with van der Waals surface area (Å²) in [6, 6.07) is 11.6. The smallest absolute Gasteiger partial charge is 0.130 e. The van der Waals surface area contributed by atoms with Crippen LogP contribution >= 0.6 is 11.6 Å². The van der Waals surface area contributed by atoms with Crippen molar-refractivity contribution < 1.29 is 9.47 Å². The van der Waals surface area contributed by atoms with Crippen LogP contribution in [0.2, 0.25) is 5.02 Å². The third-order valence-electron chi connectivity index (χ3n) is 2.90. The molecule has 2 aromatic rings. The normalized spacial score (nSPS) is 10.2. The Morgan fingerprint density at radius 3 is 2.39 bits per heavy atom. The second-order valence-electron chi connectivity index (χ2n) is 4.00. The molecule has 0 atom stereocenters. The van der Waals surface area contributed by atoms with E-state index in [1.165, 1.54) is 0 Å². The Balaban J connectivity index is 2.63. The molecule has 3 heteroatoms. The second-order valence-corrected chi connectivity index (χ2v) is 4.41. The molecule has 0 saturated carbocycles. The molecule has 2 rings (SSSR count). The highest BCUT2D eigenvalue weighted by molar-refractivity contribution is 6.33. The molecule has 0 fully saturated rings. The highest BCUT2D eigenvalue weighted by Crippen LogP contribution is 2.38. The monoisotopic (exact) mass is 262 g/mol. The maximum Gasteiger partial charge on any atom is 0.130 e. The zero-order valence-corrected chi connectivity index (χ0v) is 11.4. The van der Waals surface area contributed by atoms with Gasteiger partial charge >= 0.3 is 0 Å². The molecular weight excluding hydrogens is 248 g/mol. The first-order valence-electron chi connectivity index (χ1n) is 5.65. The van der Waals surface area contributed by atoms with Gasteiger partial charge in [0.25, 0.3) is 0 Å². The molecule has 0 radical (unpaired) electrons. The van der Waals surface area contributed by atoms with Gasteiger partial charge in [-0.15, -0.1) is 0 Å². The summed E-state index contributed by atoms with van der Waals surface area (Å²) in [5.74, 6) is 1.52. The molecule has 0 aliphatic heterocycles. The number of benzene rings is 2. The van der Waals surface area contributed by atoms with Crippen molar-refractivity contribution in [3.63, 3.8) is 0 Å². The van der Waals surface area contributed by atoms with Crippen molar-refractivity contribution >= 4 is 11.6 Å². The molecule has 0 heterocycles. The van der Waals surface area contributed by atoms with E-state index in [-0.39, 0.29) is 0 Å². The van der Waals surface area contributed by atoms with Crippen LogP contribution in [0.25, 0.3) is 11.1 Å². The summed E-state index contributed by atoms with van der Waals surface area (Å²) in [4.78, 5) is 0. The lowest BCUT2D eigenvalue weighted by Gasteiger charge is -2.13. The Hall–Kier alpha value is -1.67. The molecule has 2 aromatic carbocycles. The predicted octanol–water partition coefficient (Wildman–Crippen LogP) is 4.33. The molecule has 0 aromatic heterocycles. The van der Waals surface area contributed by atoms with E-state index < -0.39 is 0 Å². The van der Waals surface area contributed by atoms with Gasteiger partial charge in [0.2, 0.25) is 0 Å². The van der Waals surface area contributed by atoms with Crippen molar-refractivity contribution in [2.24, 2.45) is 0 Å². The lowest BCUT2D eigenvalue weighted by Crippen LogP contribution is -1.92. The lowest BCUT2D eigenvalue weighted by molar-refractivity contribution is 0.395. The Kier molecular flexibility index (Phi) is 3.78. The summed E-state index contributed by atoms with van der Waals surface area (Å²) < 4.78 is 10.6. The van der Waals surface area contributed by atoms with E-state index in [2.05, 4.69) is 0 Å². The maximum absolute atomic E-state index is 6.28. The van der Waals surface area contributed by atoms with E-state index >= 15 is 0 Å². The molecule has 0 aliphatic carbocycles. The van der Waals surface area contributed by atoms with E-state index in [9.17, 15) is 0 Å². The number of methoxy groups -OCH3 is 2. The first-order valence-corrected chi connectivity index (χ1v) is 6.02. The van der Waals surface area contributed by atoms with Crippen LogP contribution in [-0.2, 0) is 0 Å². The third-order valence-corrected chi connectivity index (χ3v) is 3.21. The molecule has 0 spiro atoms. The van der Waals surface area contributed by atoms with E-state index in [4.69, 9.17) is 21.1 Å². The van der Waals surface area contributed by atoms with Gasteiger partial charge in [-0.05, 0) is 30.7 Å². The summed E-state index contributed by atoms with van der Waals surface area (Å²) in [6.45, 7) is 2.03. The predicted molar refractivity (Wildman–Crippen MR) is 74.7 cm³/mol. The SMILES string of the molecule is COc1ccc(-c2c(C)cccc2Cl)c(OC)c1. The minimum absolute atomic E-state index is 0.721. The van der Waals surface area contributed by atoms with Gasteiger partial charge in [-0.3, -0.25) is 0 Å². The number of halogens is 1. The standard InChI is InChI=1S/C15H15ClO2/c1-10-5-4-6-13(16)15(10)12-8-7-11(17-2)9-14(12)18-3/h4-9H,1-3H3. The molecule has 94 valence electrons. The molecule has 0 aliphatic rings. The average molecular weight is 263 g/mol. The second kappa shape index (κ2) is 5.32. The fourth-order valence-corrected chi connectivity index (χ4v) is 2.30. The third kappa shape index (κ3) is 2.29. The molecule has 0 unspecified atom stereocenters. The fraction of sp³-hybridized carbons (Fsp3) is 0.200. The number of hydrogen-bond acceptors (Lipinski definition) is 2. The maximum atomic E-state index is 6.28. The molecule has 2 nitrogen and oxygen atoms in total. The van der Waals surface area contributed by atoms with E-state index in [0.29, 0.717) is 0 Å². The summed E-state index contributed by atoms with van der Waals surface area (Å²) >= 11 is 6.28. The zero-order valence-electron chi connectivity index (χ0n) is 10.7. The lowest BCUT2D eigenvalue weighted by atomic mass is 9.99. The van der Waals surface area contributed by atoms with Gasteiger partial charge in [0, 0.05) is 22.2 Å². The van der Waals surface area contributed by atoms with Crippen LogP contribution in [0.15, 0.2) is 36.4 Å². The van der Waals surface area contributed by atoms with E-state index in [1.54, 1.807) is 14.2 Å². The Bertz CT molecular complexity index is 544. The van der Waals surface area contributed by atoms with Crippen LogP contribution in [0.3, 0.4) is 0 Å². The molecular formula is C15H15ClO2. The van der Waals surface area contributed by atoms with Gasteiger partial charge in [-0.2, -0.15) is 0 Å². The van der Waals surface area contributed by atoms with Crippen LogP contribution in [0.1, 0.15) is 5.56 Å². The summed E-state index contributed by atoms with van der Waals surface area (Å²) in [5, 5.41) is 0.721. The number of ether oxygens (including phenoxy) is 2. The van der Waals surface area contributed by atoms with Crippen LogP contribution in [0, 0.1) is 6.92 Å². The molecule has 0 saturated heterocycles. The molecule has 18 heavy (non-hydrogen) atoms. The van der Waals surface area contributed by atoms with E-state index in [0.717, 1.165) is 33.2 Å². The average Bonchev–Trinajstić information content (AvgIpc) is 2.38. The van der Waals surface area contributed by atoms with Gasteiger partial charge in [0.15, 0.2) is 0 Å². The highest BCUT2D eigenvalue weighted by Gasteiger charge is 2.12. The van der Waals surface area contributed by atoms with Crippen LogP contribution in [-0.4, -0.2) is 14.2 Å². The van der Waals surface area contributed by atoms with Crippen molar-refractivity contribution in [2.45, 2.75) is 6.92 Å². The van der Waals surface area contributed by atoms with Gasteiger partial charge in [0.1, 0.15) is 11.5 Å². The quantitative estimate of drug-likeness (QED) is 0.820. The van der Waals surface area contributed by atoms with Crippen molar-refractivity contribution in [3.8, 4) is 22.6 Å². The van der Waals surface area contributed by atoms with Crippen molar-refractivity contribution in [1.29, 1.82) is 0 Å². The summed E-state index contributed by atoms with van der Waals surface area (Å²) in [5.41, 5.74) is 3.09. The Labute approximate surface area is 112 Å². The largest absolute Gasteiger partial charge is 0.497 e. The first kappa shape index (κ1) is 12.8. The minimum Gasteiger partial charge on any atom is -0.497 e. The topological polar surface area (TPSA) is 18.5 Å². The Morgan fingerprint density at radius 1 is 1.00 bits per heavy atom. The number of aryl methyl sites for hydroxylation is 1. The van der Waals surface area contributed by atoms with Crippen LogP contribution in [0.5, 0.6) is 11.5 Å². The van der Waals surface area contributed by atoms with Gasteiger partial charge in [-0.25, -0.2) is 0 Å². The van der Waals surface area contributed by atoms with E-state index in [1.807, 2.05) is 43.3 Å². The first-order chi connectivity index (χ1) is 8.67. The molecule has 0 amide bonds. The van der Waals surface area contributed by atoms with Crippen LogP contribution in [0.4, 0.5) is 0 Å². The van der Waals surface area contributed by atoms with Crippen molar-refractivity contribution in [1.82, 2.24) is 0 Å². The van der Waals surface area contributed by atoms with Crippen molar-refractivity contribution in [3.05, 3.63) is 47.0 Å². The zero-order chi connectivity index (χ0) is 13.1. The van der Waals surface area contributed by atoms with Crippen molar-refractivity contribution in [2.75, 3.05) is 14.2 Å². The summed E-state index contributed by atoms with van der Waals surface area (Å²) in [6.07, 6.45) is 0. The van der Waals surface area contributed by atoms with Gasteiger partial charge in [0.05, 0.1) is 14.2 Å². The number of rotatable bonds is 3. The minimum atomic E-state index is 0.721. The fourth-order valence-electron chi connectivity index (χ4n) is 1.98. The highest BCUT2D eigenvalue weighted by atomic mass is 35.5. The number of hydrogen-bond donors (Lipinski definition) is 0.